The van der Waals surface area contributed by atoms with E-state index in [0.717, 1.165) is 31.5 Å². The minimum atomic E-state index is -1.06. The molecule has 0 radical (unpaired) electrons. The van der Waals surface area contributed by atoms with Crippen molar-refractivity contribution in [1.82, 2.24) is 0 Å². The highest BCUT2D eigenvalue weighted by Crippen LogP contribution is 2.20. The van der Waals surface area contributed by atoms with Gasteiger partial charge in [-0.3, -0.25) is 0 Å². The highest BCUT2D eigenvalue weighted by Gasteiger charge is 2.34. The summed E-state index contributed by atoms with van der Waals surface area (Å²) in [6.45, 7) is 3.19. The van der Waals surface area contributed by atoms with Crippen LogP contribution < -0.4 is 10.8 Å². The lowest BCUT2D eigenvalue weighted by molar-refractivity contribution is -0.780. The summed E-state index contributed by atoms with van der Waals surface area (Å²) in [6, 6.07) is 0. The van der Waals surface area contributed by atoms with Gasteiger partial charge in [0, 0.05) is 13.0 Å². The molecule has 1 unspecified atom stereocenters. The van der Waals surface area contributed by atoms with Crippen LogP contribution in [0.3, 0.4) is 0 Å². The molecule has 1 aliphatic heterocycles. The number of aliphatic carboxylic acids is 1. The van der Waals surface area contributed by atoms with E-state index in [-0.39, 0.29) is 11.0 Å². The summed E-state index contributed by atoms with van der Waals surface area (Å²) >= 11 is 0. The quantitative estimate of drug-likeness (QED) is 0.153. The molecule has 1 rings (SSSR count). The number of amidine groups is 1. The molecule has 1 aliphatic rings. The number of aliphatic imine (C=N–C) groups is 1. The molecule has 0 aliphatic carbocycles. The topological polar surface area (TPSA) is 78.5 Å². The van der Waals surface area contributed by atoms with Crippen LogP contribution in [0.2, 0.25) is 0 Å². The van der Waals surface area contributed by atoms with E-state index in [1.165, 1.54) is 77.0 Å². The van der Waals surface area contributed by atoms with E-state index >= 15 is 0 Å². The fourth-order valence-electron chi connectivity index (χ4n) is 4.33. The molecule has 0 spiro atoms. The fraction of sp³-hybridized carbons (Fsp3) is 0.769. The third kappa shape index (κ3) is 12.9. The van der Waals surface area contributed by atoms with Gasteiger partial charge in [0.25, 0.3) is 0 Å². The fourth-order valence-corrected chi connectivity index (χ4v) is 4.33. The molecule has 178 valence electrons. The van der Waals surface area contributed by atoms with Crippen LogP contribution in [-0.4, -0.2) is 35.9 Å². The maximum atomic E-state index is 11.1. The Kier molecular flexibility index (Phi) is 16.1. The molecule has 5 heteroatoms. The van der Waals surface area contributed by atoms with Crippen LogP contribution in [0, 0.1) is 0 Å². The van der Waals surface area contributed by atoms with Crippen molar-refractivity contribution in [2.75, 3.05) is 19.6 Å². The molecule has 0 amide bonds. The average Bonchev–Trinajstić information content (AvgIpc) is 3.11. The summed E-state index contributed by atoms with van der Waals surface area (Å²) in [7, 11) is 0. The molecule has 0 aromatic heterocycles. The zero-order chi connectivity index (χ0) is 22.6. The number of rotatable bonds is 21. The van der Waals surface area contributed by atoms with Gasteiger partial charge in [-0.2, -0.15) is 0 Å². The lowest BCUT2D eigenvalue weighted by Gasteiger charge is -2.32. The van der Waals surface area contributed by atoms with Crippen molar-refractivity contribution in [3.63, 3.8) is 0 Å². The van der Waals surface area contributed by atoms with Crippen LogP contribution in [0.15, 0.2) is 29.5 Å². The zero-order valence-electron chi connectivity index (χ0n) is 20.0. The van der Waals surface area contributed by atoms with E-state index in [9.17, 15) is 9.90 Å². The maximum absolute atomic E-state index is 11.1. The molecule has 5 nitrogen and oxygen atoms in total. The van der Waals surface area contributed by atoms with Gasteiger partial charge in [-0.1, -0.05) is 83.3 Å². The number of carboxylic acid groups (broad SMARTS) is 1. The number of hydrogen-bond donors (Lipinski definition) is 1. The van der Waals surface area contributed by atoms with E-state index < -0.39 is 5.97 Å². The van der Waals surface area contributed by atoms with Crippen molar-refractivity contribution in [3.8, 4) is 0 Å². The third-order valence-electron chi connectivity index (χ3n) is 6.19. The molecular formula is C26H47N3O2. The van der Waals surface area contributed by atoms with Gasteiger partial charge in [-0.25, -0.2) is 9.48 Å². The summed E-state index contributed by atoms with van der Waals surface area (Å²) in [5, 5.41) is 11.1. The second kappa shape index (κ2) is 18.1. The second-order valence-electron chi connectivity index (χ2n) is 8.96. The van der Waals surface area contributed by atoms with Crippen LogP contribution >= 0.6 is 0 Å². The normalized spacial score (nSPS) is 18.2. The molecule has 0 saturated carbocycles. The standard InChI is InChI=1S/C26H47N3O2/c1-2-3-4-5-6-7-8-9-10-11-12-13-14-15-16-17-18-19-25-28-21-23-29(25,22-20-27)24-26(30)31/h13-14,21,23H,2-12,15-20,22,24,27H2,1H3/b14-13+. The van der Waals surface area contributed by atoms with E-state index in [0.29, 0.717) is 13.1 Å². The summed E-state index contributed by atoms with van der Waals surface area (Å²) in [5.41, 5.74) is 5.70. The number of carbonyl (C=O) groups is 1. The molecule has 0 bridgehead atoms. The molecule has 0 aromatic rings. The van der Waals surface area contributed by atoms with E-state index in [1.54, 1.807) is 6.20 Å². The lowest BCUT2D eigenvalue weighted by atomic mass is 10.1. The first-order chi connectivity index (χ1) is 15.1. The smallest absolute Gasteiger partial charge is 0.207 e. The molecule has 0 fully saturated rings. The van der Waals surface area contributed by atoms with Crippen molar-refractivity contribution >= 4 is 11.8 Å². The number of nitrogens with two attached hydrogens (primary N) is 1. The van der Waals surface area contributed by atoms with Crippen LogP contribution in [0.5, 0.6) is 0 Å². The Morgan fingerprint density at radius 3 is 2.03 bits per heavy atom. The third-order valence-corrected chi connectivity index (χ3v) is 6.19. The van der Waals surface area contributed by atoms with Gasteiger partial charge in [0.1, 0.15) is 19.3 Å². The summed E-state index contributed by atoms with van der Waals surface area (Å²) in [4.78, 5) is 15.6. The summed E-state index contributed by atoms with van der Waals surface area (Å²) in [6.07, 6.45) is 28.6. The first-order valence-corrected chi connectivity index (χ1v) is 12.8. The van der Waals surface area contributed by atoms with Crippen molar-refractivity contribution in [1.29, 1.82) is 0 Å². The summed E-state index contributed by atoms with van der Waals surface area (Å²) < 4.78 is 0.234. The molecule has 1 heterocycles. The predicted molar refractivity (Wildman–Crippen MR) is 129 cm³/mol. The van der Waals surface area contributed by atoms with Gasteiger partial charge >= 0.3 is 0 Å². The van der Waals surface area contributed by atoms with Gasteiger partial charge in [0.15, 0.2) is 0 Å². The Morgan fingerprint density at radius 1 is 0.935 bits per heavy atom. The van der Waals surface area contributed by atoms with Crippen molar-refractivity contribution in [3.05, 3.63) is 24.6 Å². The number of nitrogens with zero attached hydrogens (tertiary/aromatic N) is 2. The predicted octanol–water partition coefficient (Wildman–Crippen LogP) is 5.21. The molecule has 31 heavy (non-hydrogen) atoms. The lowest BCUT2D eigenvalue weighted by Crippen LogP contribution is -2.55. The summed E-state index contributed by atoms with van der Waals surface area (Å²) in [5.74, 6) is -0.147. The van der Waals surface area contributed by atoms with Gasteiger partial charge in [0.05, 0.1) is 12.2 Å². The molecular weight excluding hydrogens is 386 g/mol. The van der Waals surface area contributed by atoms with Crippen molar-refractivity contribution in [2.45, 2.75) is 110 Å². The number of carboxylic acids is 1. The SMILES string of the molecule is CCCCCCCCCCCC/C=C/CCCCCC1=NC=C[N+]1(CCN)CC(=O)[O-]. The molecule has 2 N–H and O–H groups in total. The Bertz CT molecular complexity index is 557. The van der Waals surface area contributed by atoms with Gasteiger partial charge in [-0.15, -0.1) is 0 Å². The second-order valence-corrected chi connectivity index (χ2v) is 8.96. The average molecular weight is 434 g/mol. The van der Waals surface area contributed by atoms with E-state index in [1.807, 2.05) is 6.20 Å². The Balaban J connectivity index is 1.99. The number of hydrogen-bond acceptors (Lipinski definition) is 4. The highest BCUT2D eigenvalue weighted by molar-refractivity contribution is 5.80. The van der Waals surface area contributed by atoms with E-state index in [2.05, 4.69) is 24.1 Å². The highest BCUT2D eigenvalue weighted by atomic mass is 16.4. The van der Waals surface area contributed by atoms with Crippen LogP contribution in [0.25, 0.3) is 0 Å². The van der Waals surface area contributed by atoms with Crippen molar-refractivity contribution < 1.29 is 14.4 Å². The Labute approximate surface area is 191 Å². The van der Waals surface area contributed by atoms with Gasteiger partial charge < -0.3 is 15.6 Å². The van der Waals surface area contributed by atoms with Crippen molar-refractivity contribution in [2.24, 2.45) is 10.7 Å². The monoisotopic (exact) mass is 433 g/mol. The molecule has 0 aromatic carbocycles. The first kappa shape index (κ1) is 27.6. The number of carbonyl (C=O) groups excluding carboxylic acids is 1. The van der Waals surface area contributed by atoms with Crippen LogP contribution in [-0.2, 0) is 4.79 Å². The minimum Gasteiger partial charge on any atom is -0.544 e. The zero-order valence-corrected chi connectivity index (χ0v) is 20.0. The minimum absolute atomic E-state index is 0.0752. The van der Waals surface area contributed by atoms with Gasteiger partial charge in [0.2, 0.25) is 5.84 Å². The van der Waals surface area contributed by atoms with Crippen LogP contribution in [0.1, 0.15) is 110 Å². The van der Waals surface area contributed by atoms with Crippen LogP contribution in [0.4, 0.5) is 0 Å². The first-order valence-electron chi connectivity index (χ1n) is 12.8. The number of unbranched alkanes of at least 4 members (excludes halogenated alkanes) is 13. The number of allylic oxidation sites excluding steroid dienone is 2. The van der Waals surface area contributed by atoms with Gasteiger partial charge in [-0.05, 0) is 32.1 Å². The van der Waals surface area contributed by atoms with E-state index in [4.69, 9.17) is 5.73 Å². The Morgan fingerprint density at radius 2 is 1.48 bits per heavy atom. The molecule has 1 atom stereocenters. The number of quaternary nitrogens is 1. The molecule has 0 saturated heterocycles. The maximum Gasteiger partial charge on any atom is 0.207 e. The largest absolute Gasteiger partial charge is 0.544 e. The Hall–Kier alpha value is -1.46.